The molecule has 0 saturated carbocycles. The molecule has 1 aliphatic carbocycles. The minimum Gasteiger partial charge on any atom is -0.454 e. The lowest BCUT2D eigenvalue weighted by Gasteiger charge is -2.09. The van der Waals surface area contributed by atoms with Crippen LogP contribution in [0.5, 0.6) is 0 Å². The highest BCUT2D eigenvalue weighted by Crippen LogP contribution is 2.37. The van der Waals surface area contributed by atoms with Gasteiger partial charge in [0, 0.05) is 4.88 Å². The lowest BCUT2D eigenvalue weighted by atomic mass is 9.96. The van der Waals surface area contributed by atoms with Crippen LogP contribution in [-0.4, -0.2) is 28.0 Å². The molecule has 1 aliphatic rings. The molecule has 1 amide bonds. The van der Waals surface area contributed by atoms with Crippen molar-refractivity contribution < 1.29 is 14.3 Å². The van der Waals surface area contributed by atoms with E-state index in [4.69, 9.17) is 4.74 Å². The molecule has 152 valence electrons. The van der Waals surface area contributed by atoms with Crippen LogP contribution < -0.4 is 10.9 Å². The number of benzene rings is 1. The van der Waals surface area contributed by atoms with Crippen molar-refractivity contribution >= 4 is 39.1 Å². The van der Waals surface area contributed by atoms with E-state index in [0.717, 1.165) is 40.7 Å². The molecule has 4 rings (SSSR count). The molecule has 2 aromatic heterocycles. The molecule has 0 atom stereocenters. The number of nitriles is 1. The van der Waals surface area contributed by atoms with Crippen molar-refractivity contribution in [2.24, 2.45) is 0 Å². The summed E-state index contributed by atoms with van der Waals surface area (Å²) < 4.78 is 6.15. The van der Waals surface area contributed by atoms with Crippen LogP contribution >= 0.6 is 11.3 Å². The van der Waals surface area contributed by atoms with Gasteiger partial charge in [0.15, 0.2) is 6.61 Å². The third-order valence-electron chi connectivity index (χ3n) is 4.93. The molecule has 0 radical (unpaired) electrons. The van der Waals surface area contributed by atoms with Crippen LogP contribution in [0.15, 0.2) is 35.4 Å². The first-order chi connectivity index (χ1) is 14.6. The summed E-state index contributed by atoms with van der Waals surface area (Å²) in [6.45, 7) is -0.845. The third-order valence-corrected chi connectivity index (χ3v) is 6.14. The summed E-state index contributed by atoms with van der Waals surface area (Å²) in [6.07, 6.45) is 5.14. The molecule has 0 aliphatic heterocycles. The fourth-order valence-electron chi connectivity index (χ4n) is 3.48. The zero-order valence-electron chi connectivity index (χ0n) is 16.0. The van der Waals surface area contributed by atoms with E-state index in [1.165, 1.54) is 17.7 Å². The number of hydrogen-bond acceptors (Lipinski definition) is 7. The highest BCUT2D eigenvalue weighted by atomic mass is 32.1. The number of ether oxygens (including phenoxy) is 1. The van der Waals surface area contributed by atoms with Crippen LogP contribution in [0.25, 0.3) is 10.9 Å². The predicted molar refractivity (Wildman–Crippen MR) is 111 cm³/mol. The van der Waals surface area contributed by atoms with E-state index < -0.39 is 18.5 Å². The topological polar surface area (TPSA) is 114 Å². The molecule has 0 unspecified atom stereocenters. The van der Waals surface area contributed by atoms with Crippen molar-refractivity contribution in [3.8, 4) is 6.07 Å². The Morgan fingerprint density at radius 2 is 2.07 bits per heavy atom. The number of esters is 1. The fourth-order valence-corrected chi connectivity index (χ4v) is 4.74. The summed E-state index contributed by atoms with van der Waals surface area (Å²) in [5.41, 5.74) is 1.70. The monoisotopic (exact) mass is 422 g/mol. The number of carbonyl (C=O) groups is 2. The smallest absolute Gasteiger partial charge is 0.326 e. The molecule has 0 saturated heterocycles. The molecule has 0 spiro atoms. The van der Waals surface area contributed by atoms with Crippen LogP contribution in [0, 0.1) is 11.3 Å². The quantitative estimate of drug-likeness (QED) is 0.632. The van der Waals surface area contributed by atoms with Gasteiger partial charge in [0.2, 0.25) is 0 Å². The fraction of sp³-hybridized carbons (Fsp3) is 0.286. The summed E-state index contributed by atoms with van der Waals surface area (Å²) in [4.78, 5) is 42.0. The number of carbonyl (C=O) groups excluding carboxylic acids is 2. The number of rotatable bonds is 5. The van der Waals surface area contributed by atoms with E-state index in [2.05, 4.69) is 16.4 Å². The highest BCUT2D eigenvalue weighted by Gasteiger charge is 2.22. The zero-order chi connectivity index (χ0) is 21.1. The van der Waals surface area contributed by atoms with E-state index in [9.17, 15) is 19.6 Å². The molecule has 8 nitrogen and oxygen atoms in total. The molecular formula is C21H18N4O4S. The number of fused-ring (bicyclic) bond motifs is 2. The van der Waals surface area contributed by atoms with Gasteiger partial charge in [0.1, 0.15) is 17.6 Å². The van der Waals surface area contributed by atoms with Gasteiger partial charge in [-0.2, -0.15) is 5.26 Å². The van der Waals surface area contributed by atoms with Crippen LogP contribution in [0.1, 0.15) is 28.8 Å². The summed E-state index contributed by atoms with van der Waals surface area (Å²) in [7, 11) is 0. The van der Waals surface area contributed by atoms with Crippen LogP contribution in [0.3, 0.4) is 0 Å². The number of aromatic nitrogens is 2. The summed E-state index contributed by atoms with van der Waals surface area (Å²) in [5, 5.41) is 13.0. The minimum atomic E-state index is -0.727. The van der Waals surface area contributed by atoms with Gasteiger partial charge in [0.05, 0.1) is 22.8 Å². The first-order valence-corrected chi connectivity index (χ1v) is 10.3. The lowest BCUT2D eigenvalue weighted by Crippen LogP contribution is -2.28. The van der Waals surface area contributed by atoms with Gasteiger partial charge in [0.25, 0.3) is 11.5 Å². The highest BCUT2D eigenvalue weighted by molar-refractivity contribution is 7.16. The number of hydrogen-bond donors (Lipinski definition) is 1. The number of aryl methyl sites for hydroxylation is 1. The van der Waals surface area contributed by atoms with Gasteiger partial charge >= 0.3 is 5.97 Å². The first-order valence-electron chi connectivity index (χ1n) is 9.51. The van der Waals surface area contributed by atoms with Crippen LogP contribution in [-0.2, 0) is 33.7 Å². The van der Waals surface area contributed by atoms with Crippen LogP contribution in [0.4, 0.5) is 5.00 Å². The maximum absolute atomic E-state index is 12.4. The number of para-hydroxylation sites is 1. The van der Waals surface area contributed by atoms with Crippen molar-refractivity contribution in [3.63, 3.8) is 0 Å². The first kappa shape index (κ1) is 19.8. The van der Waals surface area contributed by atoms with Gasteiger partial charge in [-0.05, 0) is 43.4 Å². The molecule has 0 bridgehead atoms. The second kappa shape index (κ2) is 8.47. The summed E-state index contributed by atoms with van der Waals surface area (Å²) in [5.74, 6) is -1.25. The Labute approximate surface area is 175 Å². The number of thiophene rings is 1. The van der Waals surface area contributed by atoms with E-state index in [1.54, 1.807) is 24.3 Å². The maximum atomic E-state index is 12.4. The summed E-state index contributed by atoms with van der Waals surface area (Å²) >= 11 is 1.41. The van der Waals surface area contributed by atoms with Crippen molar-refractivity contribution in [2.75, 3.05) is 11.9 Å². The maximum Gasteiger partial charge on any atom is 0.326 e. The molecule has 30 heavy (non-hydrogen) atoms. The predicted octanol–water partition coefficient (Wildman–Crippen LogP) is 2.39. The number of anilines is 1. The third kappa shape index (κ3) is 3.95. The van der Waals surface area contributed by atoms with E-state index >= 15 is 0 Å². The molecule has 1 aromatic carbocycles. The Kier molecular flexibility index (Phi) is 5.59. The molecule has 0 fully saturated rings. The van der Waals surface area contributed by atoms with Gasteiger partial charge in [-0.25, -0.2) is 4.98 Å². The number of amides is 1. The Morgan fingerprint density at radius 1 is 1.27 bits per heavy atom. The van der Waals surface area contributed by atoms with Crippen molar-refractivity contribution in [1.82, 2.24) is 9.55 Å². The second-order valence-corrected chi connectivity index (χ2v) is 8.04. The second-order valence-electron chi connectivity index (χ2n) is 6.93. The largest absolute Gasteiger partial charge is 0.454 e. The van der Waals surface area contributed by atoms with Crippen molar-refractivity contribution in [2.45, 2.75) is 32.2 Å². The minimum absolute atomic E-state index is 0.347. The Morgan fingerprint density at radius 3 is 2.90 bits per heavy atom. The van der Waals surface area contributed by atoms with E-state index in [1.807, 2.05) is 0 Å². The molecule has 2 heterocycles. The van der Waals surface area contributed by atoms with E-state index in [-0.39, 0.29) is 12.1 Å². The molecule has 3 aromatic rings. The van der Waals surface area contributed by atoms with Gasteiger partial charge in [-0.15, -0.1) is 11.3 Å². The SMILES string of the molecule is N#Cc1c(NC(=O)COC(=O)Cn2cnc3ccccc3c2=O)sc2c1CCCC2. The average Bonchev–Trinajstić information content (AvgIpc) is 3.11. The number of nitrogens with zero attached hydrogens (tertiary/aromatic N) is 3. The van der Waals surface area contributed by atoms with Crippen LogP contribution in [0.2, 0.25) is 0 Å². The van der Waals surface area contributed by atoms with Gasteiger partial charge in [-0.3, -0.25) is 19.0 Å². The zero-order valence-corrected chi connectivity index (χ0v) is 16.8. The Hall–Kier alpha value is -3.51. The standard InChI is InChI=1S/C21H18N4O4S/c22-9-15-13-5-2-4-8-17(13)30-20(15)24-18(26)11-29-19(27)10-25-12-23-16-7-3-1-6-14(16)21(25)28/h1,3,6-7,12H,2,4-5,8,10-11H2,(H,24,26). The normalized spacial score (nSPS) is 12.8. The summed E-state index contributed by atoms with van der Waals surface area (Å²) in [6, 6.07) is 9.00. The molecule has 1 N–H and O–H groups in total. The van der Waals surface area contributed by atoms with Gasteiger partial charge < -0.3 is 10.1 Å². The van der Waals surface area contributed by atoms with Crippen molar-refractivity contribution in [3.05, 3.63) is 57.0 Å². The Bertz CT molecular complexity index is 1240. The molecule has 9 heteroatoms. The van der Waals surface area contributed by atoms with Crippen molar-refractivity contribution in [1.29, 1.82) is 5.26 Å². The van der Waals surface area contributed by atoms with E-state index in [0.29, 0.717) is 21.5 Å². The Balaban J connectivity index is 1.37. The average molecular weight is 422 g/mol. The number of nitrogens with one attached hydrogen (secondary N) is 1. The molecular weight excluding hydrogens is 404 g/mol. The lowest BCUT2D eigenvalue weighted by molar-refractivity contribution is -0.147. The van der Waals surface area contributed by atoms with Gasteiger partial charge in [-0.1, -0.05) is 12.1 Å².